The van der Waals surface area contributed by atoms with Crippen LogP contribution in [0.4, 0.5) is 0 Å². The van der Waals surface area contributed by atoms with Crippen LogP contribution in [0.25, 0.3) is 21.8 Å². The lowest BCUT2D eigenvalue weighted by atomic mass is 10.1. The van der Waals surface area contributed by atoms with Crippen molar-refractivity contribution >= 4 is 27.3 Å². The molecule has 2 aromatic heterocycles. The van der Waals surface area contributed by atoms with Crippen LogP contribution >= 0.6 is 27.3 Å². The van der Waals surface area contributed by atoms with E-state index < -0.39 is 0 Å². The molecular weight excluding hydrogens is 332 g/mol. The number of pyridine rings is 1. The van der Waals surface area contributed by atoms with Gasteiger partial charge in [0, 0.05) is 33.4 Å². The first-order valence-corrected chi connectivity index (χ1v) is 8.10. The van der Waals surface area contributed by atoms with Crippen LogP contribution < -0.4 is 0 Å². The smallest absolute Gasteiger partial charge is 0.124 e. The van der Waals surface area contributed by atoms with Gasteiger partial charge in [-0.15, -0.1) is 11.3 Å². The van der Waals surface area contributed by atoms with Crippen molar-refractivity contribution in [3.05, 3.63) is 58.1 Å². The molecule has 0 saturated carbocycles. The quantitative estimate of drug-likeness (QED) is 0.652. The lowest BCUT2D eigenvalue weighted by Gasteiger charge is -2.03. The van der Waals surface area contributed by atoms with Crippen molar-refractivity contribution in [3.63, 3.8) is 0 Å². The molecule has 4 heteroatoms. The molecule has 0 spiro atoms. The van der Waals surface area contributed by atoms with Gasteiger partial charge in [0.05, 0.1) is 5.69 Å². The van der Waals surface area contributed by atoms with E-state index >= 15 is 0 Å². The Kier molecular flexibility index (Phi) is 3.94. The fourth-order valence-electron chi connectivity index (χ4n) is 2.11. The van der Waals surface area contributed by atoms with E-state index in [0.29, 0.717) is 0 Å². The Bertz CT molecular complexity index is 737. The van der Waals surface area contributed by atoms with Gasteiger partial charge < -0.3 is 0 Å². The molecule has 0 aliphatic rings. The first-order valence-electron chi connectivity index (χ1n) is 6.43. The predicted molar refractivity (Wildman–Crippen MR) is 87.9 cm³/mol. The number of benzene rings is 1. The lowest BCUT2D eigenvalue weighted by Crippen LogP contribution is -1.88. The van der Waals surface area contributed by atoms with Crippen molar-refractivity contribution < 1.29 is 0 Å². The highest BCUT2D eigenvalue weighted by atomic mass is 79.9. The fraction of sp³-hybridized carbons (Fsp3) is 0.125. The van der Waals surface area contributed by atoms with E-state index in [2.05, 4.69) is 39.3 Å². The van der Waals surface area contributed by atoms with Crippen LogP contribution in [-0.2, 0) is 6.42 Å². The van der Waals surface area contributed by atoms with E-state index in [0.717, 1.165) is 27.2 Å². The van der Waals surface area contributed by atoms with Crippen LogP contribution in [-0.4, -0.2) is 9.97 Å². The van der Waals surface area contributed by atoms with E-state index in [1.54, 1.807) is 11.3 Å². The molecule has 100 valence electrons. The SMILES string of the molecule is CCc1cnccc1-c1nc(-c2ccccc2Br)cs1. The van der Waals surface area contributed by atoms with Crippen molar-refractivity contribution in [3.8, 4) is 21.8 Å². The Balaban J connectivity index is 2.05. The molecule has 0 saturated heterocycles. The monoisotopic (exact) mass is 344 g/mol. The standard InChI is InChI=1S/C16H13BrN2S/c1-2-11-9-18-8-7-12(11)16-19-15(10-20-16)13-5-3-4-6-14(13)17/h3-10H,2H2,1H3. The van der Waals surface area contributed by atoms with E-state index in [9.17, 15) is 0 Å². The van der Waals surface area contributed by atoms with Crippen LogP contribution in [0.5, 0.6) is 0 Å². The number of aryl methyl sites for hydroxylation is 1. The van der Waals surface area contributed by atoms with E-state index in [-0.39, 0.29) is 0 Å². The Morgan fingerprint density at radius 1 is 1.15 bits per heavy atom. The zero-order valence-electron chi connectivity index (χ0n) is 11.0. The molecule has 0 unspecified atom stereocenters. The summed E-state index contributed by atoms with van der Waals surface area (Å²) in [5, 5.41) is 3.16. The number of thiazole rings is 1. The average molecular weight is 345 g/mol. The lowest BCUT2D eigenvalue weighted by molar-refractivity contribution is 1.10. The minimum Gasteiger partial charge on any atom is -0.264 e. The van der Waals surface area contributed by atoms with Crippen molar-refractivity contribution in [1.29, 1.82) is 0 Å². The number of aromatic nitrogens is 2. The maximum atomic E-state index is 4.78. The van der Waals surface area contributed by atoms with Crippen molar-refractivity contribution in [1.82, 2.24) is 9.97 Å². The summed E-state index contributed by atoms with van der Waals surface area (Å²) in [5.74, 6) is 0. The summed E-state index contributed by atoms with van der Waals surface area (Å²) >= 11 is 5.26. The van der Waals surface area contributed by atoms with Gasteiger partial charge in [-0.25, -0.2) is 4.98 Å². The third-order valence-electron chi connectivity index (χ3n) is 3.17. The molecule has 0 bridgehead atoms. The Morgan fingerprint density at radius 2 is 2.00 bits per heavy atom. The number of nitrogens with zero attached hydrogens (tertiary/aromatic N) is 2. The second kappa shape index (κ2) is 5.85. The molecule has 3 aromatic rings. The number of halogens is 1. The fourth-order valence-corrected chi connectivity index (χ4v) is 3.48. The van der Waals surface area contributed by atoms with Gasteiger partial charge in [0.15, 0.2) is 0 Å². The van der Waals surface area contributed by atoms with Gasteiger partial charge in [-0.05, 0) is 24.1 Å². The van der Waals surface area contributed by atoms with Crippen LogP contribution in [0.15, 0.2) is 52.6 Å². The summed E-state index contributed by atoms with van der Waals surface area (Å²) in [6.45, 7) is 2.14. The van der Waals surface area contributed by atoms with Crippen molar-refractivity contribution in [2.24, 2.45) is 0 Å². The molecule has 0 atom stereocenters. The largest absolute Gasteiger partial charge is 0.264 e. The third kappa shape index (κ3) is 2.53. The summed E-state index contributed by atoms with van der Waals surface area (Å²) in [4.78, 5) is 8.97. The molecule has 0 radical (unpaired) electrons. The molecule has 0 aliphatic heterocycles. The van der Waals surface area contributed by atoms with Gasteiger partial charge >= 0.3 is 0 Å². The normalized spacial score (nSPS) is 10.7. The zero-order valence-corrected chi connectivity index (χ0v) is 13.4. The molecule has 2 nitrogen and oxygen atoms in total. The Morgan fingerprint density at radius 3 is 2.80 bits per heavy atom. The highest BCUT2D eigenvalue weighted by Crippen LogP contribution is 2.33. The summed E-state index contributed by atoms with van der Waals surface area (Å²) < 4.78 is 1.07. The first kappa shape index (κ1) is 13.5. The van der Waals surface area contributed by atoms with Gasteiger partial charge in [0.2, 0.25) is 0 Å². The molecular formula is C16H13BrN2S. The number of rotatable bonds is 3. The average Bonchev–Trinajstić information content (AvgIpc) is 2.97. The van der Waals surface area contributed by atoms with E-state index in [1.165, 1.54) is 11.1 Å². The van der Waals surface area contributed by atoms with Gasteiger partial charge in [0.1, 0.15) is 5.01 Å². The third-order valence-corrected chi connectivity index (χ3v) is 4.74. The zero-order chi connectivity index (χ0) is 13.9. The Labute approximate surface area is 130 Å². The minimum atomic E-state index is 0.965. The topological polar surface area (TPSA) is 25.8 Å². The molecule has 0 N–H and O–H groups in total. The van der Waals surface area contributed by atoms with Gasteiger partial charge in [-0.1, -0.05) is 41.1 Å². The van der Waals surface area contributed by atoms with E-state index in [4.69, 9.17) is 4.98 Å². The predicted octanol–water partition coefficient (Wildman–Crippen LogP) is 5.20. The van der Waals surface area contributed by atoms with Crippen molar-refractivity contribution in [2.75, 3.05) is 0 Å². The molecule has 0 fully saturated rings. The van der Waals surface area contributed by atoms with Crippen LogP contribution in [0, 0.1) is 0 Å². The first-order chi connectivity index (χ1) is 9.79. The number of hydrogen-bond donors (Lipinski definition) is 0. The second-order valence-corrected chi connectivity index (χ2v) is 6.12. The molecule has 0 amide bonds. The maximum Gasteiger partial charge on any atom is 0.124 e. The summed E-state index contributed by atoms with van der Waals surface area (Å²) in [6, 6.07) is 10.2. The molecule has 0 aliphatic carbocycles. The van der Waals surface area contributed by atoms with Crippen LogP contribution in [0.3, 0.4) is 0 Å². The maximum absolute atomic E-state index is 4.78. The highest BCUT2D eigenvalue weighted by molar-refractivity contribution is 9.10. The van der Waals surface area contributed by atoms with Gasteiger partial charge in [-0.2, -0.15) is 0 Å². The summed E-state index contributed by atoms with van der Waals surface area (Å²) in [7, 11) is 0. The molecule has 2 heterocycles. The molecule has 3 rings (SSSR count). The van der Waals surface area contributed by atoms with Crippen molar-refractivity contribution in [2.45, 2.75) is 13.3 Å². The minimum absolute atomic E-state index is 0.965. The summed E-state index contributed by atoms with van der Waals surface area (Å²) in [6.07, 6.45) is 4.72. The Hall–Kier alpha value is -1.52. The van der Waals surface area contributed by atoms with Crippen LogP contribution in [0.1, 0.15) is 12.5 Å². The van der Waals surface area contributed by atoms with E-state index in [1.807, 2.05) is 36.7 Å². The van der Waals surface area contributed by atoms with Crippen LogP contribution in [0.2, 0.25) is 0 Å². The van der Waals surface area contributed by atoms with Gasteiger partial charge in [-0.3, -0.25) is 4.98 Å². The van der Waals surface area contributed by atoms with Gasteiger partial charge in [0.25, 0.3) is 0 Å². The highest BCUT2D eigenvalue weighted by Gasteiger charge is 2.11. The second-order valence-electron chi connectivity index (χ2n) is 4.40. The molecule has 1 aromatic carbocycles. The molecule has 20 heavy (non-hydrogen) atoms. The summed E-state index contributed by atoms with van der Waals surface area (Å²) in [5.41, 5.74) is 4.56. The number of hydrogen-bond acceptors (Lipinski definition) is 3.